The molecule has 0 spiro atoms. The molecule has 3 heterocycles. The van der Waals surface area contributed by atoms with Crippen LogP contribution in [-0.4, -0.2) is 45.8 Å². The number of urea groups is 1. The van der Waals surface area contributed by atoms with Gasteiger partial charge in [0.15, 0.2) is 0 Å². The Bertz CT molecular complexity index is 799. The molecule has 2 fully saturated rings. The lowest BCUT2D eigenvalue weighted by Crippen LogP contribution is -2.32. The van der Waals surface area contributed by atoms with E-state index >= 15 is 0 Å². The number of rotatable bonds is 2. The number of amides is 2. The van der Waals surface area contributed by atoms with Crippen LogP contribution in [0, 0.1) is 0 Å². The number of hydrogen-bond acceptors (Lipinski definition) is 3. The first kappa shape index (κ1) is 14.0. The zero-order valence-electron chi connectivity index (χ0n) is 12.5. The van der Waals surface area contributed by atoms with Crippen LogP contribution in [0.3, 0.4) is 0 Å². The normalized spacial score (nSPS) is 23.4. The molecule has 6 heteroatoms. The predicted molar refractivity (Wildman–Crippen MR) is 85.9 cm³/mol. The van der Waals surface area contributed by atoms with Gasteiger partial charge >= 0.3 is 6.03 Å². The summed E-state index contributed by atoms with van der Waals surface area (Å²) in [6.07, 6.45) is 1.93. The molecule has 0 bridgehead atoms. The maximum absolute atomic E-state index is 12.4. The van der Waals surface area contributed by atoms with Gasteiger partial charge in [-0.25, -0.2) is 4.79 Å². The standard InChI is InChI=1S/C17H17N3O3/c21-15-8-10-19-14(15)11-20(17(19)23)13-6-4-12(5-7-13)18-9-2-1-3-16(18)22/h1-7,9,14-15,21H,8,10-11H2/t14-,15+/m1/s1. The third-order valence-electron chi connectivity index (χ3n) is 4.62. The van der Waals surface area contributed by atoms with Gasteiger partial charge in [-0.2, -0.15) is 0 Å². The van der Waals surface area contributed by atoms with Crippen molar-refractivity contribution >= 4 is 11.7 Å². The van der Waals surface area contributed by atoms with Crippen LogP contribution in [0.1, 0.15) is 6.42 Å². The van der Waals surface area contributed by atoms with Gasteiger partial charge in [-0.05, 0) is 36.8 Å². The van der Waals surface area contributed by atoms with Gasteiger partial charge in [0.05, 0.1) is 18.7 Å². The molecule has 1 aromatic carbocycles. The van der Waals surface area contributed by atoms with Crippen molar-refractivity contribution in [2.24, 2.45) is 0 Å². The molecular formula is C17H17N3O3. The van der Waals surface area contributed by atoms with E-state index in [0.717, 1.165) is 11.4 Å². The Morgan fingerprint density at radius 2 is 1.74 bits per heavy atom. The van der Waals surface area contributed by atoms with Crippen LogP contribution < -0.4 is 10.5 Å². The van der Waals surface area contributed by atoms with E-state index in [1.807, 2.05) is 24.3 Å². The van der Waals surface area contributed by atoms with Gasteiger partial charge in [-0.15, -0.1) is 0 Å². The Morgan fingerprint density at radius 1 is 1.00 bits per heavy atom. The Hall–Kier alpha value is -2.60. The molecule has 2 atom stereocenters. The van der Waals surface area contributed by atoms with Gasteiger partial charge in [-0.3, -0.25) is 14.3 Å². The minimum Gasteiger partial charge on any atom is -0.391 e. The van der Waals surface area contributed by atoms with E-state index in [1.54, 1.807) is 32.7 Å². The van der Waals surface area contributed by atoms with Crippen LogP contribution in [-0.2, 0) is 0 Å². The molecule has 0 aliphatic carbocycles. The summed E-state index contributed by atoms with van der Waals surface area (Å²) in [5, 5.41) is 9.95. The Kier molecular flexibility index (Phi) is 3.20. The summed E-state index contributed by atoms with van der Waals surface area (Å²) >= 11 is 0. The SMILES string of the molecule is O=C1N(c2ccc(-n3ccccc3=O)cc2)C[C@@H]2[C@@H](O)CCN12. The number of aliphatic hydroxyl groups excluding tert-OH is 1. The molecule has 1 aromatic heterocycles. The number of aromatic nitrogens is 1. The maximum atomic E-state index is 12.4. The summed E-state index contributed by atoms with van der Waals surface area (Å²) < 4.78 is 1.55. The highest BCUT2D eigenvalue weighted by molar-refractivity contribution is 5.95. The zero-order chi connectivity index (χ0) is 16.0. The molecular weight excluding hydrogens is 294 g/mol. The largest absolute Gasteiger partial charge is 0.391 e. The summed E-state index contributed by atoms with van der Waals surface area (Å²) in [6.45, 7) is 1.11. The molecule has 0 radical (unpaired) electrons. The molecule has 2 amide bonds. The van der Waals surface area contributed by atoms with Crippen molar-refractivity contribution in [3.8, 4) is 5.69 Å². The molecule has 2 saturated heterocycles. The highest BCUT2D eigenvalue weighted by Gasteiger charge is 2.45. The average molecular weight is 311 g/mol. The Balaban J connectivity index is 1.61. The summed E-state index contributed by atoms with van der Waals surface area (Å²) in [6, 6.07) is 12.2. The Labute approximate surface area is 133 Å². The van der Waals surface area contributed by atoms with E-state index in [0.29, 0.717) is 19.5 Å². The van der Waals surface area contributed by atoms with Crippen LogP contribution >= 0.6 is 0 Å². The van der Waals surface area contributed by atoms with Gasteiger partial charge < -0.3 is 10.0 Å². The van der Waals surface area contributed by atoms with Gasteiger partial charge in [-0.1, -0.05) is 6.07 Å². The van der Waals surface area contributed by atoms with Gasteiger partial charge in [0, 0.05) is 30.2 Å². The number of benzene rings is 1. The van der Waals surface area contributed by atoms with Crippen LogP contribution in [0.15, 0.2) is 53.5 Å². The number of nitrogens with zero attached hydrogens (tertiary/aromatic N) is 3. The van der Waals surface area contributed by atoms with Crippen LogP contribution in [0.4, 0.5) is 10.5 Å². The quantitative estimate of drug-likeness (QED) is 0.907. The lowest BCUT2D eigenvalue weighted by Gasteiger charge is -2.18. The fourth-order valence-corrected chi connectivity index (χ4v) is 3.36. The van der Waals surface area contributed by atoms with Crippen molar-refractivity contribution in [2.45, 2.75) is 18.6 Å². The first-order valence-corrected chi connectivity index (χ1v) is 7.69. The van der Waals surface area contributed by atoms with Gasteiger partial charge in [0.2, 0.25) is 0 Å². The predicted octanol–water partition coefficient (Wildman–Crippen LogP) is 1.21. The number of hydrogen-bond donors (Lipinski definition) is 1. The fraction of sp³-hybridized carbons (Fsp3) is 0.294. The topological polar surface area (TPSA) is 65.8 Å². The van der Waals surface area contributed by atoms with E-state index in [4.69, 9.17) is 0 Å². The van der Waals surface area contributed by atoms with Crippen LogP contribution in [0.2, 0.25) is 0 Å². The molecule has 1 N–H and O–H groups in total. The number of carbonyl (C=O) groups excluding carboxylic acids is 1. The van der Waals surface area contributed by atoms with E-state index in [9.17, 15) is 14.7 Å². The second-order valence-corrected chi connectivity index (χ2v) is 5.94. The lowest BCUT2D eigenvalue weighted by molar-refractivity contribution is 0.144. The third kappa shape index (κ3) is 2.22. The molecule has 0 saturated carbocycles. The number of anilines is 1. The molecule has 2 aliphatic heterocycles. The summed E-state index contributed by atoms with van der Waals surface area (Å²) in [4.78, 5) is 27.7. The molecule has 6 nitrogen and oxygen atoms in total. The minimum absolute atomic E-state index is 0.0591. The van der Waals surface area contributed by atoms with Crippen molar-refractivity contribution < 1.29 is 9.90 Å². The monoisotopic (exact) mass is 311 g/mol. The molecule has 118 valence electrons. The van der Waals surface area contributed by atoms with Gasteiger partial charge in [0.1, 0.15) is 0 Å². The van der Waals surface area contributed by atoms with E-state index in [-0.39, 0.29) is 17.6 Å². The first-order chi connectivity index (χ1) is 11.1. The molecule has 4 rings (SSSR count). The highest BCUT2D eigenvalue weighted by atomic mass is 16.3. The second kappa shape index (κ2) is 5.24. The van der Waals surface area contributed by atoms with Crippen molar-refractivity contribution in [1.29, 1.82) is 0 Å². The smallest absolute Gasteiger partial charge is 0.324 e. The fourth-order valence-electron chi connectivity index (χ4n) is 3.36. The molecule has 0 unspecified atom stereocenters. The first-order valence-electron chi connectivity index (χ1n) is 7.69. The highest BCUT2D eigenvalue weighted by Crippen LogP contribution is 2.30. The van der Waals surface area contributed by atoms with Crippen molar-refractivity contribution in [1.82, 2.24) is 9.47 Å². The third-order valence-corrected chi connectivity index (χ3v) is 4.62. The van der Waals surface area contributed by atoms with E-state index < -0.39 is 6.10 Å². The number of pyridine rings is 1. The molecule has 2 aromatic rings. The van der Waals surface area contributed by atoms with Crippen molar-refractivity contribution in [2.75, 3.05) is 18.0 Å². The lowest BCUT2D eigenvalue weighted by atomic mass is 10.1. The number of carbonyl (C=O) groups is 1. The van der Waals surface area contributed by atoms with Crippen LogP contribution in [0.25, 0.3) is 5.69 Å². The maximum Gasteiger partial charge on any atom is 0.324 e. The molecule has 23 heavy (non-hydrogen) atoms. The summed E-state index contributed by atoms with van der Waals surface area (Å²) in [5.41, 5.74) is 1.44. The molecule has 2 aliphatic rings. The van der Waals surface area contributed by atoms with Crippen molar-refractivity contribution in [3.05, 3.63) is 59.0 Å². The minimum atomic E-state index is -0.439. The number of fused-ring (bicyclic) bond motifs is 1. The van der Waals surface area contributed by atoms with E-state index in [1.165, 1.54) is 6.07 Å². The van der Waals surface area contributed by atoms with Crippen LogP contribution in [0.5, 0.6) is 0 Å². The van der Waals surface area contributed by atoms with E-state index in [2.05, 4.69) is 0 Å². The zero-order valence-corrected chi connectivity index (χ0v) is 12.5. The van der Waals surface area contributed by atoms with Crippen molar-refractivity contribution in [3.63, 3.8) is 0 Å². The number of aliphatic hydroxyl groups is 1. The van der Waals surface area contributed by atoms with Gasteiger partial charge in [0.25, 0.3) is 5.56 Å². The summed E-state index contributed by atoms with van der Waals surface area (Å²) in [5.74, 6) is 0. The Morgan fingerprint density at radius 3 is 2.43 bits per heavy atom. The average Bonchev–Trinajstić information content (AvgIpc) is 3.09. The second-order valence-electron chi connectivity index (χ2n) is 5.94. The summed E-state index contributed by atoms with van der Waals surface area (Å²) in [7, 11) is 0.